The van der Waals surface area contributed by atoms with Gasteiger partial charge in [0.25, 0.3) is 15.9 Å². The molecule has 1 heterocycles. The van der Waals surface area contributed by atoms with Crippen LogP contribution in [0.15, 0.2) is 59.5 Å². The Hall–Kier alpha value is -3.83. The van der Waals surface area contributed by atoms with Crippen molar-refractivity contribution in [1.82, 2.24) is 0 Å². The van der Waals surface area contributed by atoms with Crippen LogP contribution < -0.4 is 19.1 Å². The van der Waals surface area contributed by atoms with Crippen molar-refractivity contribution in [2.45, 2.75) is 18.2 Å². The topological polar surface area (TPSA) is 111 Å². The highest BCUT2D eigenvalue weighted by molar-refractivity contribution is 7.93. The number of carbonyl (C=O) groups is 2. The number of hydrogen-bond donors (Lipinski definition) is 1. The van der Waals surface area contributed by atoms with E-state index in [1.165, 1.54) is 31.4 Å². The van der Waals surface area contributed by atoms with Gasteiger partial charge in [-0.1, -0.05) is 23.7 Å². The van der Waals surface area contributed by atoms with Crippen molar-refractivity contribution in [2.24, 2.45) is 0 Å². The quantitative estimate of drug-likeness (QED) is 0.404. The summed E-state index contributed by atoms with van der Waals surface area (Å²) >= 11 is 6.04. The average Bonchev–Trinajstić information content (AvgIpc) is 2.89. The van der Waals surface area contributed by atoms with Crippen LogP contribution in [-0.4, -0.2) is 47.2 Å². The van der Waals surface area contributed by atoms with Crippen molar-refractivity contribution in [1.29, 1.82) is 0 Å². The van der Waals surface area contributed by atoms with E-state index in [-0.39, 0.29) is 64.8 Å². The first-order valence-corrected chi connectivity index (χ1v) is 13.3. The predicted octanol–water partition coefficient (Wildman–Crippen LogP) is 4.43. The molecule has 1 aliphatic heterocycles. The van der Waals surface area contributed by atoms with Gasteiger partial charge in [0.1, 0.15) is 17.3 Å². The molecular formula is C26H24ClFN2O7S. The first-order valence-electron chi connectivity index (χ1n) is 11.5. The summed E-state index contributed by atoms with van der Waals surface area (Å²) < 4.78 is 58.7. The number of amides is 1. The molecule has 3 aromatic rings. The molecule has 38 heavy (non-hydrogen) atoms. The molecule has 3 aromatic carbocycles. The summed E-state index contributed by atoms with van der Waals surface area (Å²) in [6, 6.07) is 12.8. The normalized spacial score (nSPS) is 12.8. The van der Waals surface area contributed by atoms with Crippen molar-refractivity contribution in [3.63, 3.8) is 0 Å². The van der Waals surface area contributed by atoms with E-state index in [0.29, 0.717) is 11.3 Å². The second kappa shape index (κ2) is 11.3. The summed E-state index contributed by atoms with van der Waals surface area (Å²) in [6.45, 7) is 1.77. The Morgan fingerprint density at radius 1 is 1.13 bits per heavy atom. The number of sulfonamides is 1. The fourth-order valence-corrected chi connectivity index (χ4v) is 5.76. The molecule has 0 saturated carbocycles. The van der Waals surface area contributed by atoms with Gasteiger partial charge in [-0.3, -0.25) is 13.9 Å². The largest absolute Gasteiger partial charge is 0.495 e. The molecular weight excluding hydrogens is 539 g/mol. The maximum absolute atomic E-state index is 15.0. The van der Waals surface area contributed by atoms with Crippen LogP contribution in [0, 0.1) is 5.82 Å². The van der Waals surface area contributed by atoms with Crippen molar-refractivity contribution in [3.8, 4) is 11.5 Å². The van der Waals surface area contributed by atoms with Crippen molar-refractivity contribution >= 4 is 44.9 Å². The van der Waals surface area contributed by atoms with E-state index in [0.717, 1.165) is 10.4 Å². The lowest BCUT2D eigenvalue weighted by molar-refractivity contribution is -0.142. The smallest absolute Gasteiger partial charge is 0.310 e. The van der Waals surface area contributed by atoms with Gasteiger partial charge < -0.3 is 19.5 Å². The summed E-state index contributed by atoms with van der Waals surface area (Å²) in [7, 11) is -2.95. The summed E-state index contributed by atoms with van der Waals surface area (Å²) in [6.07, 6.45) is 0.0832. The third-order valence-electron chi connectivity index (χ3n) is 5.65. The number of benzene rings is 3. The molecule has 1 N–H and O–H groups in total. The van der Waals surface area contributed by atoms with Crippen molar-refractivity contribution in [3.05, 3.63) is 76.6 Å². The Bertz CT molecular complexity index is 1480. The molecule has 9 nitrogen and oxygen atoms in total. The van der Waals surface area contributed by atoms with Gasteiger partial charge in [0, 0.05) is 16.3 Å². The van der Waals surface area contributed by atoms with Gasteiger partial charge in [0.05, 0.1) is 32.4 Å². The van der Waals surface area contributed by atoms with Gasteiger partial charge in [-0.05, 0) is 55.0 Å². The Balaban J connectivity index is 1.62. The van der Waals surface area contributed by atoms with Gasteiger partial charge in [-0.2, -0.15) is 0 Å². The minimum Gasteiger partial charge on any atom is -0.495 e. The molecule has 0 aliphatic carbocycles. The lowest BCUT2D eigenvalue weighted by Gasteiger charge is -2.31. The number of ether oxygens (including phenoxy) is 3. The fourth-order valence-electron chi connectivity index (χ4n) is 3.90. The third kappa shape index (κ3) is 5.68. The number of carbonyl (C=O) groups excluding carboxylic acids is 2. The van der Waals surface area contributed by atoms with E-state index in [9.17, 15) is 18.0 Å². The monoisotopic (exact) mass is 562 g/mol. The number of nitrogens with one attached hydrogen (secondary N) is 1. The summed E-state index contributed by atoms with van der Waals surface area (Å²) in [5.41, 5.74) is 0.828. The van der Waals surface area contributed by atoms with Crippen LogP contribution in [0.5, 0.6) is 11.5 Å². The molecule has 0 saturated heterocycles. The number of anilines is 2. The highest BCUT2D eigenvalue weighted by Gasteiger charge is 2.35. The van der Waals surface area contributed by atoms with Crippen LogP contribution in [0.3, 0.4) is 0 Å². The highest BCUT2D eigenvalue weighted by Crippen LogP contribution is 2.40. The maximum Gasteiger partial charge on any atom is 0.310 e. The number of rotatable bonds is 8. The van der Waals surface area contributed by atoms with Crippen LogP contribution in [0.1, 0.15) is 22.8 Å². The van der Waals surface area contributed by atoms with E-state index in [2.05, 4.69) is 5.32 Å². The van der Waals surface area contributed by atoms with Crippen molar-refractivity contribution in [2.75, 3.05) is 36.5 Å². The Morgan fingerprint density at radius 3 is 2.55 bits per heavy atom. The molecule has 0 fully saturated rings. The second-order valence-corrected chi connectivity index (χ2v) is 10.4. The first-order chi connectivity index (χ1) is 18.1. The molecule has 200 valence electrons. The molecule has 0 atom stereocenters. The van der Waals surface area contributed by atoms with Gasteiger partial charge in [-0.15, -0.1) is 0 Å². The molecule has 4 rings (SSSR count). The van der Waals surface area contributed by atoms with Crippen LogP contribution >= 0.6 is 11.6 Å². The molecule has 0 unspecified atom stereocenters. The third-order valence-corrected chi connectivity index (χ3v) is 7.72. The predicted molar refractivity (Wildman–Crippen MR) is 139 cm³/mol. The van der Waals surface area contributed by atoms with E-state index in [1.807, 2.05) is 0 Å². The zero-order chi connectivity index (χ0) is 27.4. The number of hydrogen-bond acceptors (Lipinski definition) is 7. The zero-order valence-electron chi connectivity index (χ0n) is 20.5. The molecule has 1 aliphatic rings. The Kier molecular flexibility index (Phi) is 8.08. The van der Waals surface area contributed by atoms with Gasteiger partial charge >= 0.3 is 5.97 Å². The lowest BCUT2D eigenvalue weighted by atomic mass is 10.1. The maximum atomic E-state index is 15.0. The standard InChI is InChI=1S/C26H24ClFN2O7S/c1-3-36-24(31)12-16-4-7-19(8-5-16)29-26(32)17-13-20(28)25-21(14-17)30(10-11-37-25)38(33,34)23-15-18(27)6-9-22(23)35-2/h4-9,13-15H,3,10-12H2,1-2H3,(H,29,32). The zero-order valence-corrected chi connectivity index (χ0v) is 22.1. The molecule has 0 aromatic heterocycles. The number of halogens is 2. The number of fused-ring (bicyclic) bond motifs is 1. The summed E-state index contributed by atoms with van der Waals surface area (Å²) in [5, 5.41) is 2.81. The van der Waals surface area contributed by atoms with E-state index in [1.54, 1.807) is 31.2 Å². The van der Waals surface area contributed by atoms with Gasteiger partial charge in [0.15, 0.2) is 11.6 Å². The van der Waals surface area contributed by atoms with Crippen LogP contribution in [0.4, 0.5) is 15.8 Å². The van der Waals surface area contributed by atoms with E-state index < -0.39 is 21.7 Å². The minimum atomic E-state index is -4.27. The fraction of sp³-hybridized carbons (Fsp3) is 0.231. The average molecular weight is 563 g/mol. The Labute approximate surface area is 224 Å². The lowest BCUT2D eigenvalue weighted by Crippen LogP contribution is -2.38. The summed E-state index contributed by atoms with van der Waals surface area (Å²) in [4.78, 5) is 24.4. The molecule has 12 heteroatoms. The number of methoxy groups -OCH3 is 1. The molecule has 0 radical (unpaired) electrons. The van der Waals surface area contributed by atoms with Crippen LogP contribution in [-0.2, 0) is 26.0 Å². The van der Waals surface area contributed by atoms with Gasteiger partial charge in [-0.25, -0.2) is 12.8 Å². The van der Waals surface area contributed by atoms with E-state index >= 15 is 4.39 Å². The number of esters is 1. The summed E-state index contributed by atoms with van der Waals surface area (Å²) in [5.74, 6) is -2.17. The molecule has 0 spiro atoms. The molecule has 0 bridgehead atoms. The Morgan fingerprint density at radius 2 is 1.87 bits per heavy atom. The number of nitrogens with zero attached hydrogens (tertiary/aromatic N) is 1. The minimum absolute atomic E-state index is 0.0585. The van der Waals surface area contributed by atoms with Crippen LogP contribution in [0.25, 0.3) is 0 Å². The molecule has 1 amide bonds. The van der Waals surface area contributed by atoms with Gasteiger partial charge in [0.2, 0.25) is 0 Å². The van der Waals surface area contributed by atoms with E-state index in [4.69, 9.17) is 25.8 Å². The SMILES string of the molecule is CCOC(=O)Cc1ccc(NC(=O)c2cc(F)c3c(c2)N(S(=O)(=O)c2cc(Cl)ccc2OC)CCO3)cc1. The highest BCUT2D eigenvalue weighted by atomic mass is 35.5. The van der Waals surface area contributed by atoms with Crippen LogP contribution in [0.2, 0.25) is 5.02 Å². The first kappa shape index (κ1) is 27.2. The van der Waals surface area contributed by atoms with Crippen molar-refractivity contribution < 1.29 is 36.6 Å². The second-order valence-electron chi connectivity index (χ2n) is 8.16.